The highest BCUT2D eigenvalue weighted by Gasteiger charge is 2.12. The lowest BCUT2D eigenvalue weighted by Crippen LogP contribution is -2.36. The van der Waals surface area contributed by atoms with Crippen molar-refractivity contribution in [3.05, 3.63) is 83.7 Å². The molecule has 26 heavy (non-hydrogen) atoms. The van der Waals surface area contributed by atoms with Crippen LogP contribution in [-0.2, 0) is 11.3 Å². The molecule has 1 amide bonds. The standard InChI is InChI=1S/C22H23FN2O/c1-16(18-9-11-21(23)12-10-18)24-22(26)15-25(2)14-17-7-8-19-5-3-4-6-20(19)13-17/h3-13,16H,14-15H2,1-2H3,(H,24,26). The van der Waals surface area contributed by atoms with Crippen LogP contribution in [0.4, 0.5) is 4.39 Å². The lowest BCUT2D eigenvalue weighted by Gasteiger charge is -2.19. The summed E-state index contributed by atoms with van der Waals surface area (Å²) in [6.07, 6.45) is 0. The van der Waals surface area contributed by atoms with Crippen molar-refractivity contribution in [2.24, 2.45) is 0 Å². The van der Waals surface area contributed by atoms with Crippen molar-refractivity contribution in [3.63, 3.8) is 0 Å². The topological polar surface area (TPSA) is 32.3 Å². The Morgan fingerprint density at radius 3 is 2.46 bits per heavy atom. The van der Waals surface area contributed by atoms with Gasteiger partial charge >= 0.3 is 0 Å². The number of fused-ring (bicyclic) bond motifs is 1. The van der Waals surface area contributed by atoms with Crippen LogP contribution in [0.2, 0.25) is 0 Å². The predicted molar refractivity (Wildman–Crippen MR) is 103 cm³/mol. The Balaban J connectivity index is 1.55. The number of hydrogen-bond acceptors (Lipinski definition) is 2. The van der Waals surface area contributed by atoms with Crippen molar-refractivity contribution >= 4 is 16.7 Å². The van der Waals surface area contributed by atoms with Crippen LogP contribution in [0.25, 0.3) is 10.8 Å². The summed E-state index contributed by atoms with van der Waals surface area (Å²) in [5.41, 5.74) is 2.06. The van der Waals surface area contributed by atoms with Gasteiger partial charge in [-0.15, -0.1) is 0 Å². The minimum Gasteiger partial charge on any atom is -0.348 e. The van der Waals surface area contributed by atoms with Crippen LogP contribution in [-0.4, -0.2) is 24.4 Å². The van der Waals surface area contributed by atoms with Crippen molar-refractivity contribution in [1.29, 1.82) is 0 Å². The highest BCUT2D eigenvalue weighted by Crippen LogP contribution is 2.17. The molecule has 0 aliphatic carbocycles. The third-order valence-corrected chi connectivity index (χ3v) is 4.43. The van der Waals surface area contributed by atoms with Crippen LogP contribution in [0.3, 0.4) is 0 Å². The van der Waals surface area contributed by atoms with E-state index in [1.165, 1.54) is 28.5 Å². The highest BCUT2D eigenvalue weighted by atomic mass is 19.1. The predicted octanol–water partition coefficient (Wildman–Crippen LogP) is 4.29. The molecular formula is C22H23FN2O. The zero-order valence-electron chi connectivity index (χ0n) is 15.1. The zero-order chi connectivity index (χ0) is 18.5. The molecule has 0 spiro atoms. The maximum atomic E-state index is 13.0. The molecule has 0 bridgehead atoms. The molecular weight excluding hydrogens is 327 g/mol. The maximum absolute atomic E-state index is 13.0. The Morgan fingerprint density at radius 2 is 1.73 bits per heavy atom. The first kappa shape index (κ1) is 18.1. The molecule has 3 nitrogen and oxygen atoms in total. The Bertz CT molecular complexity index is 892. The number of nitrogens with zero attached hydrogens (tertiary/aromatic N) is 1. The fraction of sp³-hybridized carbons (Fsp3) is 0.227. The summed E-state index contributed by atoms with van der Waals surface area (Å²) in [6, 6.07) is 20.6. The molecule has 3 aromatic carbocycles. The van der Waals surface area contributed by atoms with Gasteiger partial charge in [0.05, 0.1) is 12.6 Å². The first-order chi connectivity index (χ1) is 12.5. The van der Waals surface area contributed by atoms with Crippen molar-refractivity contribution in [2.45, 2.75) is 19.5 Å². The van der Waals surface area contributed by atoms with Crippen LogP contribution in [0.1, 0.15) is 24.1 Å². The summed E-state index contributed by atoms with van der Waals surface area (Å²) < 4.78 is 13.0. The molecule has 1 N–H and O–H groups in total. The Hall–Kier alpha value is -2.72. The van der Waals surface area contributed by atoms with Crippen molar-refractivity contribution in [1.82, 2.24) is 10.2 Å². The lowest BCUT2D eigenvalue weighted by molar-refractivity contribution is -0.122. The van der Waals surface area contributed by atoms with E-state index in [0.717, 1.165) is 5.56 Å². The fourth-order valence-electron chi connectivity index (χ4n) is 3.07. The quantitative estimate of drug-likeness (QED) is 0.719. The largest absolute Gasteiger partial charge is 0.348 e. The number of likely N-dealkylation sites (N-methyl/N-ethyl adjacent to an activating group) is 1. The number of rotatable bonds is 6. The molecule has 0 fully saturated rings. The molecule has 0 aliphatic rings. The molecule has 3 rings (SSSR count). The van der Waals surface area contributed by atoms with Gasteiger partial charge in [0.2, 0.25) is 5.91 Å². The first-order valence-electron chi connectivity index (χ1n) is 8.72. The van der Waals surface area contributed by atoms with Crippen molar-refractivity contribution in [3.8, 4) is 0 Å². The molecule has 3 aromatic rings. The van der Waals surface area contributed by atoms with E-state index >= 15 is 0 Å². The SMILES string of the molecule is CC(NC(=O)CN(C)Cc1ccc2ccccc2c1)c1ccc(F)cc1. The van der Waals surface area contributed by atoms with E-state index in [1.54, 1.807) is 12.1 Å². The summed E-state index contributed by atoms with van der Waals surface area (Å²) >= 11 is 0. The van der Waals surface area contributed by atoms with Crippen LogP contribution in [0, 0.1) is 5.82 Å². The molecule has 0 saturated heterocycles. The number of carbonyl (C=O) groups excluding carboxylic acids is 1. The van der Waals surface area contributed by atoms with Gasteiger partial charge in [0.1, 0.15) is 5.82 Å². The lowest BCUT2D eigenvalue weighted by atomic mass is 10.1. The van der Waals surface area contributed by atoms with E-state index in [2.05, 4.69) is 35.6 Å². The highest BCUT2D eigenvalue weighted by molar-refractivity contribution is 5.83. The van der Waals surface area contributed by atoms with E-state index < -0.39 is 0 Å². The number of hydrogen-bond donors (Lipinski definition) is 1. The number of benzene rings is 3. The molecule has 4 heteroatoms. The molecule has 134 valence electrons. The summed E-state index contributed by atoms with van der Waals surface area (Å²) in [5.74, 6) is -0.326. The number of carbonyl (C=O) groups is 1. The summed E-state index contributed by atoms with van der Waals surface area (Å²) in [4.78, 5) is 14.3. The van der Waals surface area contributed by atoms with Gasteiger partial charge in [-0.05, 0) is 54.1 Å². The Morgan fingerprint density at radius 1 is 1.04 bits per heavy atom. The molecule has 0 radical (unpaired) electrons. The van der Waals surface area contributed by atoms with Crippen LogP contribution < -0.4 is 5.32 Å². The van der Waals surface area contributed by atoms with E-state index in [4.69, 9.17) is 0 Å². The summed E-state index contributed by atoms with van der Waals surface area (Å²) in [7, 11) is 1.93. The third-order valence-electron chi connectivity index (χ3n) is 4.43. The van der Waals surface area contributed by atoms with Gasteiger partial charge in [-0.2, -0.15) is 0 Å². The maximum Gasteiger partial charge on any atom is 0.234 e. The van der Waals surface area contributed by atoms with Gasteiger partial charge in [-0.3, -0.25) is 9.69 Å². The second-order valence-electron chi connectivity index (χ2n) is 6.69. The molecule has 1 unspecified atom stereocenters. The smallest absolute Gasteiger partial charge is 0.234 e. The minimum atomic E-state index is -0.276. The van der Waals surface area contributed by atoms with E-state index in [-0.39, 0.29) is 17.8 Å². The van der Waals surface area contributed by atoms with Crippen LogP contribution in [0.15, 0.2) is 66.7 Å². The normalized spacial score (nSPS) is 12.3. The van der Waals surface area contributed by atoms with Gasteiger partial charge < -0.3 is 5.32 Å². The molecule has 0 saturated carbocycles. The van der Waals surface area contributed by atoms with Gasteiger partial charge in [0.15, 0.2) is 0 Å². The van der Waals surface area contributed by atoms with Crippen LogP contribution in [0.5, 0.6) is 0 Å². The third kappa shape index (κ3) is 4.67. The van der Waals surface area contributed by atoms with E-state index in [1.807, 2.05) is 31.0 Å². The minimum absolute atomic E-state index is 0.0508. The summed E-state index contributed by atoms with van der Waals surface area (Å²) in [6.45, 7) is 2.90. The molecule has 0 aromatic heterocycles. The average molecular weight is 350 g/mol. The van der Waals surface area contributed by atoms with Crippen molar-refractivity contribution in [2.75, 3.05) is 13.6 Å². The van der Waals surface area contributed by atoms with Gasteiger partial charge in [-0.25, -0.2) is 4.39 Å². The fourth-order valence-corrected chi connectivity index (χ4v) is 3.07. The van der Waals surface area contributed by atoms with Gasteiger partial charge in [0.25, 0.3) is 0 Å². The van der Waals surface area contributed by atoms with Crippen LogP contribution >= 0.6 is 0 Å². The molecule has 1 atom stereocenters. The van der Waals surface area contributed by atoms with E-state index in [0.29, 0.717) is 13.1 Å². The second kappa shape index (κ2) is 8.11. The van der Waals surface area contributed by atoms with Gasteiger partial charge in [-0.1, -0.05) is 48.5 Å². The second-order valence-corrected chi connectivity index (χ2v) is 6.69. The van der Waals surface area contributed by atoms with E-state index in [9.17, 15) is 9.18 Å². The Labute approximate surface area is 153 Å². The van der Waals surface area contributed by atoms with Gasteiger partial charge in [0, 0.05) is 6.54 Å². The number of halogens is 1. The van der Waals surface area contributed by atoms with Crippen molar-refractivity contribution < 1.29 is 9.18 Å². The Kier molecular flexibility index (Phi) is 5.64. The average Bonchev–Trinajstić information content (AvgIpc) is 2.61. The first-order valence-corrected chi connectivity index (χ1v) is 8.72. The number of amides is 1. The monoisotopic (exact) mass is 350 g/mol. The molecule has 0 aliphatic heterocycles. The molecule has 0 heterocycles. The zero-order valence-corrected chi connectivity index (χ0v) is 15.1. The number of nitrogens with one attached hydrogen (secondary N) is 1. The summed E-state index contributed by atoms with van der Waals surface area (Å²) in [5, 5.41) is 5.37.